The fraction of sp³-hybridized carbons (Fsp3) is 0.385. The molecule has 0 fully saturated rings. The molecule has 0 heterocycles. The van der Waals surface area contributed by atoms with Crippen LogP contribution >= 0.6 is 15.9 Å². The van der Waals surface area contributed by atoms with Crippen molar-refractivity contribution in [3.05, 3.63) is 22.2 Å². The van der Waals surface area contributed by atoms with E-state index < -0.39 is 6.03 Å². The normalized spacial score (nSPS) is 10.6. The number of methoxy groups -OCH3 is 1. The Labute approximate surface area is 126 Å². The van der Waals surface area contributed by atoms with Crippen LogP contribution in [0.25, 0.3) is 0 Å². The van der Waals surface area contributed by atoms with Crippen LogP contribution in [0.1, 0.15) is 25.3 Å². The predicted molar refractivity (Wildman–Crippen MR) is 81.4 cm³/mol. The number of carbonyl (C=O) groups excluding carboxylic acids is 1. The van der Waals surface area contributed by atoms with Crippen LogP contribution < -0.4 is 20.6 Å². The van der Waals surface area contributed by atoms with E-state index in [-0.39, 0.29) is 0 Å². The van der Waals surface area contributed by atoms with Gasteiger partial charge in [-0.05, 0) is 40.0 Å². The zero-order valence-corrected chi connectivity index (χ0v) is 13.1. The van der Waals surface area contributed by atoms with Crippen molar-refractivity contribution in [2.45, 2.75) is 19.8 Å². The van der Waals surface area contributed by atoms with E-state index in [0.717, 1.165) is 22.9 Å². The minimum absolute atomic E-state index is 0.594. The van der Waals surface area contributed by atoms with Gasteiger partial charge in [-0.25, -0.2) is 10.2 Å². The van der Waals surface area contributed by atoms with Gasteiger partial charge in [0, 0.05) is 0 Å². The monoisotopic (exact) mass is 343 g/mol. The van der Waals surface area contributed by atoms with Crippen molar-refractivity contribution in [2.75, 3.05) is 13.7 Å². The number of benzene rings is 1. The SMILES string of the molecule is CCCCOc1c(Br)cc(C=NNC(N)=O)cc1OC. The van der Waals surface area contributed by atoms with Gasteiger partial charge in [0.2, 0.25) is 0 Å². The number of carbonyl (C=O) groups is 1. The molecule has 6 nitrogen and oxygen atoms in total. The lowest BCUT2D eigenvalue weighted by molar-refractivity contribution is 0.249. The average Bonchev–Trinajstić information content (AvgIpc) is 2.40. The lowest BCUT2D eigenvalue weighted by atomic mass is 10.2. The fourth-order valence-electron chi connectivity index (χ4n) is 1.44. The molecule has 1 aromatic rings. The van der Waals surface area contributed by atoms with Crippen molar-refractivity contribution in [2.24, 2.45) is 10.8 Å². The van der Waals surface area contributed by atoms with Gasteiger partial charge in [-0.2, -0.15) is 5.10 Å². The van der Waals surface area contributed by atoms with E-state index in [1.54, 1.807) is 13.2 Å². The van der Waals surface area contributed by atoms with Crippen molar-refractivity contribution in [1.29, 1.82) is 0 Å². The zero-order valence-electron chi connectivity index (χ0n) is 11.5. The number of ether oxygens (including phenoxy) is 2. The molecule has 0 unspecified atom stereocenters. The number of urea groups is 1. The average molecular weight is 344 g/mol. The van der Waals surface area contributed by atoms with Crippen molar-refractivity contribution in [1.82, 2.24) is 5.43 Å². The second-order valence-corrected chi connectivity index (χ2v) is 4.82. The summed E-state index contributed by atoms with van der Waals surface area (Å²) >= 11 is 3.43. The molecule has 110 valence electrons. The van der Waals surface area contributed by atoms with Crippen molar-refractivity contribution in [3.63, 3.8) is 0 Å². The zero-order chi connectivity index (χ0) is 15.0. The number of unbranched alkanes of at least 4 members (excludes halogenated alkanes) is 1. The van der Waals surface area contributed by atoms with Crippen LogP contribution in [-0.4, -0.2) is 26.0 Å². The van der Waals surface area contributed by atoms with E-state index in [4.69, 9.17) is 15.2 Å². The number of rotatable bonds is 7. The molecule has 0 aliphatic heterocycles. The maximum atomic E-state index is 10.5. The molecular weight excluding hydrogens is 326 g/mol. The van der Waals surface area contributed by atoms with Crippen LogP contribution in [0, 0.1) is 0 Å². The van der Waals surface area contributed by atoms with E-state index in [1.807, 2.05) is 6.07 Å². The number of hydrogen-bond acceptors (Lipinski definition) is 4. The molecule has 3 N–H and O–H groups in total. The highest BCUT2D eigenvalue weighted by atomic mass is 79.9. The van der Waals surface area contributed by atoms with Gasteiger partial charge in [0.1, 0.15) is 0 Å². The lowest BCUT2D eigenvalue weighted by Gasteiger charge is -2.13. The summed E-state index contributed by atoms with van der Waals surface area (Å²) in [6.07, 6.45) is 3.50. The van der Waals surface area contributed by atoms with Crippen LogP contribution in [0.4, 0.5) is 4.79 Å². The Morgan fingerprint density at radius 1 is 1.55 bits per heavy atom. The number of hydrazone groups is 1. The number of nitrogens with two attached hydrogens (primary N) is 1. The summed E-state index contributed by atoms with van der Waals surface area (Å²) < 4.78 is 11.7. The highest BCUT2D eigenvalue weighted by Crippen LogP contribution is 2.36. The summed E-state index contributed by atoms with van der Waals surface area (Å²) in [5.41, 5.74) is 7.79. The maximum absolute atomic E-state index is 10.5. The van der Waals surface area contributed by atoms with E-state index in [9.17, 15) is 4.79 Å². The van der Waals surface area contributed by atoms with E-state index in [2.05, 4.69) is 33.4 Å². The number of nitrogens with one attached hydrogen (secondary N) is 1. The van der Waals surface area contributed by atoms with E-state index >= 15 is 0 Å². The highest BCUT2D eigenvalue weighted by Gasteiger charge is 2.10. The van der Waals surface area contributed by atoms with Gasteiger partial charge in [-0.3, -0.25) is 0 Å². The summed E-state index contributed by atoms with van der Waals surface area (Å²) in [7, 11) is 1.57. The van der Waals surface area contributed by atoms with Crippen LogP contribution in [-0.2, 0) is 0 Å². The molecule has 0 saturated carbocycles. The van der Waals surface area contributed by atoms with Gasteiger partial charge in [-0.1, -0.05) is 13.3 Å². The minimum atomic E-state index is -0.716. The first kappa shape index (κ1) is 16.3. The molecule has 0 aliphatic rings. The van der Waals surface area contributed by atoms with E-state index in [0.29, 0.717) is 18.1 Å². The maximum Gasteiger partial charge on any atom is 0.332 e. The largest absolute Gasteiger partial charge is 0.493 e. The molecule has 2 amide bonds. The summed E-state index contributed by atoms with van der Waals surface area (Å²) in [6, 6.07) is 2.86. The van der Waals surface area contributed by atoms with Crippen molar-refractivity contribution in [3.8, 4) is 11.5 Å². The molecule has 1 rings (SSSR count). The van der Waals surface area contributed by atoms with Crippen molar-refractivity contribution >= 4 is 28.2 Å². The first-order chi connectivity index (χ1) is 9.58. The Balaban J connectivity index is 2.88. The Morgan fingerprint density at radius 3 is 2.90 bits per heavy atom. The molecule has 0 aliphatic carbocycles. The first-order valence-electron chi connectivity index (χ1n) is 6.17. The Morgan fingerprint density at radius 2 is 2.30 bits per heavy atom. The number of halogens is 1. The Kier molecular flexibility index (Phi) is 6.86. The van der Waals surface area contributed by atoms with Gasteiger partial charge in [0.15, 0.2) is 11.5 Å². The highest BCUT2D eigenvalue weighted by molar-refractivity contribution is 9.10. The van der Waals surface area contributed by atoms with Crippen LogP contribution in [0.5, 0.6) is 11.5 Å². The molecule has 0 saturated heterocycles. The molecular formula is C13H18BrN3O3. The quantitative estimate of drug-likeness (QED) is 0.453. The third kappa shape index (κ3) is 5.08. The summed E-state index contributed by atoms with van der Waals surface area (Å²) in [5.74, 6) is 1.25. The smallest absolute Gasteiger partial charge is 0.332 e. The molecule has 0 aromatic heterocycles. The van der Waals surface area contributed by atoms with E-state index in [1.165, 1.54) is 6.21 Å². The van der Waals surface area contributed by atoms with Gasteiger partial charge in [-0.15, -0.1) is 0 Å². The molecule has 0 bridgehead atoms. The van der Waals surface area contributed by atoms with Crippen LogP contribution in [0.15, 0.2) is 21.7 Å². The predicted octanol–water partition coefficient (Wildman–Crippen LogP) is 2.64. The second-order valence-electron chi connectivity index (χ2n) is 3.97. The second kappa shape index (κ2) is 8.42. The lowest BCUT2D eigenvalue weighted by Crippen LogP contribution is -2.24. The number of nitrogens with zero attached hydrogens (tertiary/aromatic N) is 1. The summed E-state index contributed by atoms with van der Waals surface area (Å²) in [5, 5.41) is 3.70. The van der Waals surface area contributed by atoms with Crippen LogP contribution in [0.2, 0.25) is 0 Å². The third-order valence-corrected chi connectivity index (χ3v) is 2.97. The Hall–Kier alpha value is -1.76. The number of primary amides is 1. The molecule has 1 aromatic carbocycles. The third-order valence-electron chi connectivity index (χ3n) is 2.38. The van der Waals surface area contributed by atoms with Crippen molar-refractivity contribution < 1.29 is 14.3 Å². The number of hydrogen-bond donors (Lipinski definition) is 2. The number of amides is 2. The molecule has 20 heavy (non-hydrogen) atoms. The molecule has 0 radical (unpaired) electrons. The van der Waals surface area contributed by atoms with Gasteiger partial charge >= 0.3 is 6.03 Å². The summed E-state index contributed by atoms with van der Waals surface area (Å²) in [6.45, 7) is 2.73. The molecule has 0 atom stereocenters. The first-order valence-corrected chi connectivity index (χ1v) is 6.96. The minimum Gasteiger partial charge on any atom is -0.493 e. The topological polar surface area (TPSA) is 85.9 Å². The molecule has 0 spiro atoms. The Bertz CT molecular complexity index is 492. The van der Waals surface area contributed by atoms with Crippen LogP contribution in [0.3, 0.4) is 0 Å². The van der Waals surface area contributed by atoms with Gasteiger partial charge in [0.25, 0.3) is 0 Å². The molecule has 7 heteroatoms. The standard InChI is InChI=1S/C13H18BrN3O3/c1-3-4-5-20-12-10(14)6-9(7-11(12)19-2)8-16-17-13(15)18/h6-8H,3-5H2,1-2H3,(H3,15,17,18). The van der Waals surface area contributed by atoms with Gasteiger partial charge < -0.3 is 15.2 Å². The fourth-order valence-corrected chi connectivity index (χ4v) is 2.02. The van der Waals surface area contributed by atoms with Gasteiger partial charge in [0.05, 0.1) is 24.4 Å². The summed E-state index contributed by atoms with van der Waals surface area (Å²) in [4.78, 5) is 10.5.